The van der Waals surface area contributed by atoms with E-state index in [0.29, 0.717) is 24.3 Å². The van der Waals surface area contributed by atoms with Gasteiger partial charge in [0.05, 0.1) is 0 Å². The van der Waals surface area contributed by atoms with Crippen molar-refractivity contribution in [3.05, 3.63) is 36.0 Å². The number of nitrogens with one attached hydrogen (secondary N) is 2. The highest BCUT2D eigenvalue weighted by molar-refractivity contribution is 6.08. The molecular formula is C20H22FN5O4. The van der Waals surface area contributed by atoms with E-state index < -0.39 is 23.4 Å². The predicted octanol–water partition coefficient (Wildman–Crippen LogP) is 2.34. The molecule has 30 heavy (non-hydrogen) atoms. The summed E-state index contributed by atoms with van der Waals surface area (Å²) in [5, 5.41) is 7.34. The van der Waals surface area contributed by atoms with Gasteiger partial charge in [0.25, 0.3) is 5.91 Å². The van der Waals surface area contributed by atoms with Crippen molar-refractivity contribution in [1.82, 2.24) is 25.9 Å². The molecule has 0 unspecified atom stereocenters. The number of aryl methyl sites for hydroxylation is 1. The first kappa shape index (κ1) is 20.0. The molecule has 2 aromatic rings. The molecule has 1 aromatic carbocycles. The molecular weight excluding hydrogens is 393 g/mol. The van der Waals surface area contributed by atoms with E-state index >= 15 is 0 Å². The van der Waals surface area contributed by atoms with Crippen molar-refractivity contribution in [2.24, 2.45) is 5.92 Å². The maximum Gasteiger partial charge on any atom is 0.344 e. The number of halogens is 1. The fourth-order valence-electron chi connectivity index (χ4n) is 3.79. The first-order valence-corrected chi connectivity index (χ1v) is 9.91. The SMILES string of the molecule is CC1CCC2(CC1)NC(=O)N(NC(=O)CCc1nc(-c3ccc(F)cc3)no1)C2=O. The van der Waals surface area contributed by atoms with Gasteiger partial charge in [-0.15, -0.1) is 0 Å². The molecule has 1 saturated carbocycles. The molecule has 158 valence electrons. The second-order valence-corrected chi connectivity index (χ2v) is 7.89. The summed E-state index contributed by atoms with van der Waals surface area (Å²) in [4.78, 5) is 41.5. The van der Waals surface area contributed by atoms with Crippen LogP contribution in [0.2, 0.25) is 0 Å². The van der Waals surface area contributed by atoms with E-state index in [2.05, 4.69) is 27.8 Å². The molecule has 1 aliphatic heterocycles. The van der Waals surface area contributed by atoms with E-state index in [1.54, 1.807) is 0 Å². The van der Waals surface area contributed by atoms with Crippen LogP contribution in [0.25, 0.3) is 11.4 Å². The third kappa shape index (κ3) is 3.89. The molecule has 2 fully saturated rings. The van der Waals surface area contributed by atoms with Crippen molar-refractivity contribution >= 4 is 17.8 Å². The van der Waals surface area contributed by atoms with Crippen LogP contribution in [-0.2, 0) is 16.0 Å². The number of hydrazine groups is 1. The van der Waals surface area contributed by atoms with Gasteiger partial charge in [0.1, 0.15) is 11.4 Å². The van der Waals surface area contributed by atoms with Crippen LogP contribution >= 0.6 is 0 Å². The fourth-order valence-corrected chi connectivity index (χ4v) is 3.79. The Labute approximate surface area is 172 Å². The average Bonchev–Trinajstić information content (AvgIpc) is 3.29. The van der Waals surface area contributed by atoms with Gasteiger partial charge in [-0.2, -0.15) is 9.99 Å². The predicted molar refractivity (Wildman–Crippen MR) is 102 cm³/mol. The van der Waals surface area contributed by atoms with Crippen LogP contribution in [0.5, 0.6) is 0 Å². The first-order valence-electron chi connectivity index (χ1n) is 9.91. The summed E-state index contributed by atoms with van der Waals surface area (Å²) in [5.41, 5.74) is 2.05. The van der Waals surface area contributed by atoms with Crippen LogP contribution in [0.15, 0.2) is 28.8 Å². The zero-order valence-electron chi connectivity index (χ0n) is 16.5. The Balaban J connectivity index is 1.32. The van der Waals surface area contributed by atoms with Crippen molar-refractivity contribution < 1.29 is 23.3 Å². The number of urea groups is 1. The summed E-state index contributed by atoms with van der Waals surface area (Å²) in [6.07, 6.45) is 2.92. The maximum absolute atomic E-state index is 13.0. The van der Waals surface area contributed by atoms with E-state index in [-0.39, 0.29) is 30.4 Å². The quantitative estimate of drug-likeness (QED) is 0.724. The van der Waals surface area contributed by atoms with Crippen LogP contribution in [0, 0.1) is 11.7 Å². The second kappa shape index (κ2) is 7.85. The van der Waals surface area contributed by atoms with Crippen LogP contribution in [-0.4, -0.2) is 38.5 Å². The summed E-state index contributed by atoms with van der Waals surface area (Å²) in [6, 6.07) is 5.01. The van der Waals surface area contributed by atoms with Gasteiger partial charge in [-0.25, -0.2) is 9.18 Å². The Kier molecular flexibility index (Phi) is 5.23. The summed E-state index contributed by atoms with van der Waals surface area (Å²) >= 11 is 0. The zero-order valence-corrected chi connectivity index (χ0v) is 16.5. The maximum atomic E-state index is 13.0. The largest absolute Gasteiger partial charge is 0.344 e. The fraction of sp³-hybridized carbons (Fsp3) is 0.450. The number of benzene rings is 1. The lowest BCUT2D eigenvalue weighted by molar-refractivity contribution is -0.140. The molecule has 4 amide bonds. The Morgan fingerprint density at radius 1 is 1.30 bits per heavy atom. The Hall–Kier alpha value is -3.30. The average molecular weight is 415 g/mol. The van der Waals surface area contributed by atoms with E-state index in [0.717, 1.165) is 17.9 Å². The van der Waals surface area contributed by atoms with E-state index in [9.17, 15) is 18.8 Å². The lowest BCUT2D eigenvalue weighted by Crippen LogP contribution is -2.51. The van der Waals surface area contributed by atoms with E-state index in [1.165, 1.54) is 24.3 Å². The molecule has 1 saturated heterocycles. The monoisotopic (exact) mass is 415 g/mol. The van der Waals surface area contributed by atoms with Gasteiger partial charge in [-0.05, 0) is 55.9 Å². The molecule has 2 N–H and O–H groups in total. The van der Waals surface area contributed by atoms with Gasteiger partial charge >= 0.3 is 6.03 Å². The minimum Gasteiger partial charge on any atom is -0.339 e. The Morgan fingerprint density at radius 3 is 2.70 bits per heavy atom. The molecule has 0 radical (unpaired) electrons. The number of rotatable bonds is 5. The second-order valence-electron chi connectivity index (χ2n) is 7.89. The molecule has 0 atom stereocenters. The van der Waals surface area contributed by atoms with E-state index in [1.807, 2.05) is 0 Å². The molecule has 9 nitrogen and oxygen atoms in total. The molecule has 2 aliphatic rings. The summed E-state index contributed by atoms with van der Waals surface area (Å²) in [6.45, 7) is 2.12. The standard InChI is InChI=1S/C20H22FN5O4/c1-12-8-10-20(11-9-12)18(28)26(19(29)23-20)24-15(27)6-7-16-22-17(25-30-16)13-2-4-14(21)5-3-13/h2-5,12H,6-11H2,1H3,(H,23,29)(H,24,27). The number of nitrogens with zero attached hydrogens (tertiary/aromatic N) is 3. The molecule has 1 aromatic heterocycles. The van der Waals surface area contributed by atoms with E-state index in [4.69, 9.17) is 4.52 Å². The zero-order chi connectivity index (χ0) is 21.3. The van der Waals surface area contributed by atoms with Crippen LogP contribution < -0.4 is 10.7 Å². The number of carbonyl (C=O) groups excluding carboxylic acids is 3. The first-order chi connectivity index (χ1) is 14.4. The molecule has 2 heterocycles. The minimum absolute atomic E-state index is 0.0495. The normalized spacial score (nSPS) is 23.7. The van der Waals surface area contributed by atoms with Gasteiger partial charge in [-0.1, -0.05) is 12.1 Å². The van der Waals surface area contributed by atoms with Gasteiger partial charge < -0.3 is 9.84 Å². The minimum atomic E-state index is -0.909. The highest BCUT2D eigenvalue weighted by Gasteiger charge is 2.52. The molecule has 1 spiro atoms. The van der Waals surface area contributed by atoms with Crippen LogP contribution in [0.1, 0.15) is 44.9 Å². The summed E-state index contributed by atoms with van der Waals surface area (Å²) in [7, 11) is 0. The number of carbonyl (C=O) groups is 3. The third-order valence-electron chi connectivity index (χ3n) is 5.66. The molecule has 4 rings (SSSR count). The third-order valence-corrected chi connectivity index (χ3v) is 5.66. The van der Waals surface area contributed by atoms with Crippen LogP contribution in [0.3, 0.4) is 0 Å². The highest BCUT2D eigenvalue weighted by atomic mass is 19.1. The van der Waals surface area contributed by atoms with Crippen molar-refractivity contribution in [2.75, 3.05) is 0 Å². The topological polar surface area (TPSA) is 117 Å². The van der Waals surface area contributed by atoms with Gasteiger partial charge in [-0.3, -0.25) is 15.0 Å². The van der Waals surface area contributed by atoms with Crippen molar-refractivity contribution in [3.8, 4) is 11.4 Å². The number of hydrogen-bond donors (Lipinski definition) is 2. The Bertz CT molecular complexity index is 966. The lowest BCUT2D eigenvalue weighted by Gasteiger charge is -2.33. The Morgan fingerprint density at radius 2 is 2.00 bits per heavy atom. The lowest BCUT2D eigenvalue weighted by atomic mass is 9.77. The van der Waals surface area contributed by atoms with Crippen molar-refractivity contribution in [1.29, 1.82) is 0 Å². The molecule has 0 bridgehead atoms. The van der Waals surface area contributed by atoms with Crippen molar-refractivity contribution in [2.45, 2.75) is 51.0 Å². The summed E-state index contributed by atoms with van der Waals surface area (Å²) < 4.78 is 18.1. The van der Waals surface area contributed by atoms with Gasteiger partial charge in [0.2, 0.25) is 17.6 Å². The molecule has 1 aliphatic carbocycles. The van der Waals surface area contributed by atoms with Gasteiger partial charge in [0, 0.05) is 18.4 Å². The smallest absolute Gasteiger partial charge is 0.339 e. The molecule has 10 heteroatoms. The van der Waals surface area contributed by atoms with Gasteiger partial charge in [0.15, 0.2) is 0 Å². The van der Waals surface area contributed by atoms with Crippen LogP contribution in [0.4, 0.5) is 9.18 Å². The van der Waals surface area contributed by atoms with Crippen molar-refractivity contribution in [3.63, 3.8) is 0 Å². The number of imide groups is 1. The summed E-state index contributed by atoms with van der Waals surface area (Å²) in [5.74, 6) is -0.278. The number of amides is 4. The highest BCUT2D eigenvalue weighted by Crippen LogP contribution is 2.35. The number of hydrogen-bond acceptors (Lipinski definition) is 6. The number of aromatic nitrogens is 2.